The van der Waals surface area contributed by atoms with Crippen molar-refractivity contribution in [1.29, 1.82) is 5.26 Å². The lowest BCUT2D eigenvalue weighted by molar-refractivity contribution is 0.683. The molecular weight excluding hydrogens is 335 g/mol. The van der Waals surface area contributed by atoms with E-state index >= 15 is 0 Å². The van der Waals surface area contributed by atoms with Gasteiger partial charge in [-0.25, -0.2) is 9.97 Å². The fourth-order valence-corrected chi connectivity index (χ4v) is 3.02. The van der Waals surface area contributed by atoms with E-state index in [2.05, 4.69) is 25.9 Å². The molecule has 0 saturated carbocycles. The van der Waals surface area contributed by atoms with Gasteiger partial charge >= 0.3 is 0 Å². The zero-order chi connectivity index (χ0) is 16.4. The molecule has 1 aliphatic rings. The number of likely N-dealkylation sites (N-methyl/N-ethyl adjacent to an activating group) is 1. The van der Waals surface area contributed by atoms with Gasteiger partial charge in [0.2, 0.25) is 5.28 Å². The number of nitriles is 1. The van der Waals surface area contributed by atoms with Crippen molar-refractivity contribution in [1.82, 2.24) is 15.0 Å². The van der Waals surface area contributed by atoms with Gasteiger partial charge in [-0.1, -0.05) is 11.6 Å². The quantitative estimate of drug-likeness (QED) is 0.794. The Labute approximate surface area is 144 Å². The van der Waals surface area contributed by atoms with Crippen LogP contribution in [0.25, 0.3) is 0 Å². The first-order valence-electron chi connectivity index (χ1n) is 7.10. The lowest BCUT2D eigenvalue weighted by Gasteiger charge is -2.26. The minimum Gasteiger partial charge on any atom is -0.354 e. The highest BCUT2D eigenvalue weighted by Crippen LogP contribution is 2.28. The highest BCUT2D eigenvalue weighted by molar-refractivity contribution is 6.33. The van der Waals surface area contributed by atoms with Crippen LogP contribution in [0, 0.1) is 11.3 Å². The maximum Gasteiger partial charge on any atom is 0.224 e. The standard InChI is InChI=1S/C15H14Cl2N6/c1-22(14-12(16)8-20-15(17)21-14)11-4-5-23(9-11)13-3-2-10(6-18)7-19-13/h2-3,7-8,11H,4-5,9H2,1H3. The first-order valence-corrected chi connectivity index (χ1v) is 7.86. The van der Waals surface area contributed by atoms with Crippen LogP contribution in [0.15, 0.2) is 24.5 Å². The molecule has 0 N–H and O–H groups in total. The molecule has 1 unspecified atom stereocenters. The minimum absolute atomic E-state index is 0.180. The third-order valence-corrected chi connectivity index (χ3v) is 4.39. The Morgan fingerprint density at radius 3 is 2.83 bits per heavy atom. The molecule has 2 aromatic rings. The molecule has 0 aromatic carbocycles. The van der Waals surface area contributed by atoms with Crippen molar-refractivity contribution in [2.24, 2.45) is 0 Å². The molecule has 1 fully saturated rings. The molecule has 0 spiro atoms. The largest absolute Gasteiger partial charge is 0.354 e. The van der Waals surface area contributed by atoms with Crippen LogP contribution >= 0.6 is 23.2 Å². The van der Waals surface area contributed by atoms with Crippen LogP contribution in [0.4, 0.5) is 11.6 Å². The second-order valence-electron chi connectivity index (χ2n) is 5.33. The van der Waals surface area contributed by atoms with Gasteiger partial charge in [-0.05, 0) is 30.2 Å². The van der Waals surface area contributed by atoms with Crippen molar-refractivity contribution < 1.29 is 0 Å². The smallest absolute Gasteiger partial charge is 0.224 e. The summed E-state index contributed by atoms with van der Waals surface area (Å²) in [5.74, 6) is 1.50. The molecule has 23 heavy (non-hydrogen) atoms. The van der Waals surface area contributed by atoms with Crippen molar-refractivity contribution in [3.63, 3.8) is 0 Å². The molecule has 2 aromatic heterocycles. The summed E-state index contributed by atoms with van der Waals surface area (Å²) in [5, 5.41) is 9.50. The third kappa shape index (κ3) is 3.31. The highest BCUT2D eigenvalue weighted by Gasteiger charge is 2.28. The van der Waals surface area contributed by atoms with E-state index in [1.807, 2.05) is 18.0 Å². The van der Waals surface area contributed by atoms with E-state index < -0.39 is 0 Å². The summed E-state index contributed by atoms with van der Waals surface area (Å²) in [5.41, 5.74) is 0.559. The maximum atomic E-state index is 8.84. The number of pyridine rings is 1. The summed E-state index contributed by atoms with van der Waals surface area (Å²) in [7, 11) is 1.95. The lowest BCUT2D eigenvalue weighted by atomic mass is 10.2. The summed E-state index contributed by atoms with van der Waals surface area (Å²) in [4.78, 5) is 16.6. The summed E-state index contributed by atoms with van der Waals surface area (Å²) >= 11 is 12.0. The van der Waals surface area contributed by atoms with Crippen molar-refractivity contribution in [2.75, 3.05) is 29.9 Å². The van der Waals surface area contributed by atoms with Crippen LogP contribution in [0.3, 0.4) is 0 Å². The second kappa shape index (κ2) is 6.57. The molecule has 1 saturated heterocycles. The fraction of sp³-hybridized carbons (Fsp3) is 0.333. The van der Waals surface area contributed by atoms with E-state index in [1.165, 1.54) is 6.20 Å². The van der Waals surface area contributed by atoms with Crippen LogP contribution in [0.5, 0.6) is 0 Å². The molecular formula is C15H14Cl2N6. The van der Waals surface area contributed by atoms with Gasteiger partial charge in [-0.15, -0.1) is 0 Å². The number of anilines is 2. The monoisotopic (exact) mass is 348 g/mol. The Morgan fingerprint density at radius 2 is 2.13 bits per heavy atom. The molecule has 118 valence electrons. The summed E-state index contributed by atoms with van der Waals surface area (Å²) < 4.78 is 0. The van der Waals surface area contributed by atoms with E-state index in [9.17, 15) is 0 Å². The molecule has 1 atom stereocenters. The van der Waals surface area contributed by atoms with Crippen LogP contribution in [-0.2, 0) is 0 Å². The fourth-order valence-electron chi connectivity index (χ4n) is 2.66. The number of hydrogen-bond acceptors (Lipinski definition) is 6. The van der Waals surface area contributed by atoms with Crippen molar-refractivity contribution in [3.8, 4) is 6.07 Å². The summed E-state index contributed by atoms with van der Waals surface area (Å²) in [6, 6.07) is 5.97. The Kier molecular flexibility index (Phi) is 4.51. The Hall–Kier alpha value is -2.10. The first kappa shape index (κ1) is 15.8. The highest BCUT2D eigenvalue weighted by atomic mass is 35.5. The second-order valence-corrected chi connectivity index (χ2v) is 6.07. The molecule has 0 aliphatic carbocycles. The number of rotatable bonds is 3. The summed E-state index contributed by atoms with van der Waals surface area (Å²) in [6.45, 7) is 1.68. The topological polar surface area (TPSA) is 68.9 Å². The van der Waals surface area contributed by atoms with Crippen molar-refractivity contribution in [2.45, 2.75) is 12.5 Å². The molecule has 0 radical (unpaired) electrons. The molecule has 1 aliphatic heterocycles. The van der Waals surface area contributed by atoms with E-state index in [-0.39, 0.29) is 11.3 Å². The molecule has 8 heteroatoms. The van der Waals surface area contributed by atoms with Gasteiger partial charge in [-0.2, -0.15) is 10.2 Å². The van der Waals surface area contributed by atoms with E-state index in [4.69, 9.17) is 28.5 Å². The Morgan fingerprint density at radius 1 is 1.30 bits per heavy atom. The van der Waals surface area contributed by atoms with Gasteiger partial charge in [-0.3, -0.25) is 0 Å². The molecule has 3 heterocycles. The predicted molar refractivity (Wildman–Crippen MR) is 90.0 cm³/mol. The average Bonchev–Trinajstić information content (AvgIpc) is 3.06. The van der Waals surface area contributed by atoms with Gasteiger partial charge < -0.3 is 9.80 Å². The van der Waals surface area contributed by atoms with E-state index in [1.54, 1.807) is 12.3 Å². The molecule has 0 amide bonds. The zero-order valence-electron chi connectivity index (χ0n) is 12.4. The number of nitrogens with zero attached hydrogens (tertiary/aromatic N) is 6. The van der Waals surface area contributed by atoms with Crippen molar-refractivity contribution >= 4 is 34.8 Å². The van der Waals surface area contributed by atoms with Crippen LogP contribution in [-0.4, -0.2) is 41.1 Å². The van der Waals surface area contributed by atoms with Crippen molar-refractivity contribution in [3.05, 3.63) is 40.4 Å². The number of halogens is 2. The van der Waals surface area contributed by atoms with Gasteiger partial charge in [0.15, 0.2) is 5.82 Å². The molecule has 3 rings (SSSR count). The third-order valence-electron chi connectivity index (χ3n) is 3.94. The van der Waals surface area contributed by atoms with E-state index in [0.29, 0.717) is 16.4 Å². The van der Waals surface area contributed by atoms with Gasteiger partial charge in [0.25, 0.3) is 0 Å². The summed E-state index contributed by atoms with van der Waals surface area (Å²) in [6.07, 6.45) is 4.06. The van der Waals surface area contributed by atoms with Crippen LogP contribution in [0.2, 0.25) is 10.3 Å². The lowest BCUT2D eigenvalue weighted by Crippen LogP contribution is -2.35. The van der Waals surface area contributed by atoms with Gasteiger partial charge in [0.05, 0.1) is 11.8 Å². The Balaban J connectivity index is 1.73. The van der Waals surface area contributed by atoms with Crippen LogP contribution < -0.4 is 9.80 Å². The number of aromatic nitrogens is 3. The molecule has 0 bridgehead atoms. The SMILES string of the molecule is CN(c1nc(Cl)ncc1Cl)C1CCN(c2ccc(C#N)cn2)C1. The first-order chi connectivity index (χ1) is 11.1. The predicted octanol–water partition coefficient (Wildman–Crippen LogP) is 2.77. The average molecular weight is 349 g/mol. The molecule has 6 nitrogen and oxygen atoms in total. The Bertz CT molecular complexity index is 743. The number of hydrogen-bond donors (Lipinski definition) is 0. The maximum absolute atomic E-state index is 8.84. The van der Waals surface area contributed by atoms with Crippen LogP contribution in [0.1, 0.15) is 12.0 Å². The van der Waals surface area contributed by atoms with Gasteiger partial charge in [0, 0.05) is 32.4 Å². The van der Waals surface area contributed by atoms with Gasteiger partial charge in [0.1, 0.15) is 16.9 Å². The van der Waals surface area contributed by atoms with E-state index in [0.717, 1.165) is 25.3 Å². The zero-order valence-corrected chi connectivity index (χ0v) is 14.0. The normalized spacial score (nSPS) is 17.1. The minimum atomic E-state index is 0.180.